The monoisotopic (exact) mass is 418 g/mol. The van der Waals surface area contributed by atoms with E-state index in [1.807, 2.05) is 12.1 Å². The molecule has 8 nitrogen and oxygen atoms in total. The second-order valence-electron chi connectivity index (χ2n) is 7.48. The molecule has 3 atom stereocenters. The number of rotatable bonds is 5. The normalized spacial score (nSPS) is 25.6. The molecule has 1 aliphatic heterocycles. The average molecular weight is 419 g/mol. The standard InChI is InChI=1S/C20H19ClN2O6/c1-11-17(20(19(24)25)7-6-14(8-20)29-23(26)27)16-10-28-18(15(16)9-22-11)12-2-4-13(21)5-3-12/h2-5,9,14,18H,6-8,10H2,1H3,(H,24,25)/t14-,18+,20-/m1/s1. The van der Waals surface area contributed by atoms with Gasteiger partial charge in [-0.1, -0.05) is 23.7 Å². The molecular formula is C20H19ClN2O6. The molecule has 1 aromatic heterocycles. The molecule has 2 heterocycles. The van der Waals surface area contributed by atoms with Crippen LogP contribution in [0.1, 0.15) is 53.3 Å². The fourth-order valence-electron chi connectivity index (χ4n) is 4.60. The van der Waals surface area contributed by atoms with Crippen LogP contribution in [0, 0.1) is 17.0 Å². The molecule has 2 aliphatic rings. The van der Waals surface area contributed by atoms with Crippen molar-refractivity contribution >= 4 is 17.6 Å². The Bertz CT molecular complexity index is 980. The summed E-state index contributed by atoms with van der Waals surface area (Å²) < 4.78 is 6.01. The SMILES string of the molecule is Cc1ncc2c(c1[C@@]1(C(=O)O)CC[C@@H](O[N+](=O)[O-])C1)CO[C@H]2c1ccc(Cl)cc1. The van der Waals surface area contributed by atoms with Gasteiger partial charge in [0.25, 0.3) is 5.09 Å². The van der Waals surface area contributed by atoms with E-state index in [0.717, 1.165) is 16.7 Å². The van der Waals surface area contributed by atoms with Gasteiger partial charge in [0, 0.05) is 22.5 Å². The lowest BCUT2D eigenvalue weighted by atomic mass is 9.75. The number of carbonyl (C=O) groups is 1. The lowest BCUT2D eigenvalue weighted by Gasteiger charge is -2.28. The second-order valence-corrected chi connectivity index (χ2v) is 7.91. The summed E-state index contributed by atoms with van der Waals surface area (Å²) in [5.41, 5.74) is 2.40. The minimum absolute atomic E-state index is 0.0217. The van der Waals surface area contributed by atoms with Gasteiger partial charge in [-0.3, -0.25) is 9.78 Å². The molecule has 0 unspecified atom stereocenters. The van der Waals surface area contributed by atoms with Crippen LogP contribution in [-0.4, -0.2) is 27.3 Å². The number of carboxylic acid groups (broad SMARTS) is 1. The van der Waals surface area contributed by atoms with Crippen molar-refractivity contribution in [2.45, 2.75) is 50.4 Å². The van der Waals surface area contributed by atoms with Crippen molar-refractivity contribution in [1.82, 2.24) is 4.98 Å². The Hall–Kier alpha value is -2.71. The molecule has 9 heteroatoms. The molecule has 4 rings (SSSR count). The van der Waals surface area contributed by atoms with Crippen molar-refractivity contribution < 1.29 is 24.6 Å². The molecule has 0 spiro atoms. The number of ether oxygens (including phenoxy) is 1. The summed E-state index contributed by atoms with van der Waals surface area (Å²) in [6.07, 6.45) is 1.14. The summed E-state index contributed by atoms with van der Waals surface area (Å²) in [6, 6.07) is 7.28. The Balaban J connectivity index is 1.78. The van der Waals surface area contributed by atoms with Gasteiger partial charge in [-0.05, 0) is 55.0 Å². The summed E-state index contributed by atoms with van der Waals surface area (Å²) in [7, 11) is 0. The molecule has 0 radical (unpaired) electrons. The van der Waals surface area contributed by atoms with Crippen LogP contribution >= 0.6 is 11.6 Å². The number of fused-ring (bicyclic) bond motifs is 1. The van der Waals surface area contributed by atoms with Crippen LogP contribution < -0.4 is 0 Å². The molecule has 1 fully saturated rings. The summed E-state index contributed by atoms with van der Waals surface area (Å²) >= 11 is 5.98. The number of aryl methyl sites for hydroxylation is 1. The maximum atomic E-state index is 12.4. The van der Waals surface area contributed by atoms with Crippen molar-refractivity contribution in [3.05, 3.63) is 73.5 Å². The summed E-state index contributed by atoms with van der Waals surface area (Å²) in [6.45, 7) is 2.01. The highest BCUT2D eigenvalue weighted by molar-refractivity contribution is 6.30. The van der Waals surface area contributed by atoms with Crippen LogP contribution in [-0.2, 0) is 26.4 Å². The molecular weight excluding hydrogens is 400 g/mol. The van der Waals surface area contributed by atoms with Crippen LogP contribution in [0.3, 0.4) is 0 Å². The van der Waals surface area contributed by atoms with Crippen molar-refractivity contribution in [2.24, 2.45) is 0 Å². The number of hydrogen-bond acceptors (Lipinski definition) is 6. The topological polar surface area (TPSA) is 112 Å². The largest absolute Gasteiger partial charge is 0.481 e. The lowest BCUT2D eigenvalue weighted by molar-refractivity contribution is -0.768. The average Bonchev–Trinajstić information content (AvgIpc) is 3.27. The first-order chi connectivity index (χ1) is 13.8. The maximum Gasteiger partial charge on any atom is 0.314 e. The summed E-state index contributed by atoms with van der Waals surface area (Å²) in [5.74, 6) is -1.03. The van der Waals surface area contributed by atoms with Crippen molar-refractivity contribution in [1.29, 1.82) is 0 Å². The van der Waals surface area contributed by atoms with Gasteiger partial charge in [-0.25, -0.2) is 0 Å². The highest BCUT2D eigenvalue weighted by atomic mass is 35.5. The Morgan fingerprint density at radius 2 is 2.14 bits per heavy atom. The zero-order valence-corrected chi connectivity index (χ0v) is 16.4. The van der Waals surface area contributed by atoms with Gasteiger partial charge in [-0.15, -0.1) is 10.1 Å². The Labute approximate surface area is 171 Å². The van der Waals surface area contributed by atoms with Crippen LogP contribution in [0.4, 0.5) is 0 Å². The molecule has 1 saturated carbocycles. The fraction of sp³-hybridized carbons (Fsp3) is 0.400. The third-order valence-corrected chi connectivity index (χ3v) is 6.10. The molecule has 152 valence electrons. The highest BCUT2D eigenvalue weighted by Crippen LogP contribution is 2.48. The molecule has 0 amide bonds. The summed E-state index contributed by atoms with van der Waals surface area (Å²) in [5, 5.41) is 20.6. The van der Waals surface area contributed by atoms with Crippen LogP contribution in [0.25, 0.3) is 0 Å². The Morgan fingerprint density at radius 1 is 1.41 bits per heavy atom. The highest BCUT2D eigenvalue weighted by Gasteiger charge is 2.51. The minimum atomic E-state index is -1.29. The quantitative estimate of drug-likeness (QED) is 0.581. The predicted octanol–water partition coefficient (Wildman–Crippen LogP) is 3.75. The zero-order valence-electron chi connectivity index (χ0n) is 15.6. The smallest absolute Gasteiger partial charge is 0.314 e. The molecule has 1 aliphatic carbocycles. The van der Waals surface area contributed by atoms with Gasteiger partial charge in [0.1, 0.15) is 12.2 Å². The summed E-state index contributed by atoms with van der Waals surface area (Å²) in [4.78, 5) is 32.3. The van der Waals surface area contributed by atoms with Crippen LogP contribution in [0.2, 0.25) is 5.02 Å². The first kappa shape index (κ1) is 19.6. The number of aromatic nitrogens is 1. The number of pyridine rings is 1. The first-order valence-corrected chi connectivity index (χ1v) is 9.60. The number of nitrogens with zero attached hydrogens (tertiary/aromatic N) is 2. The number of hydrogen-bond donors (Lipinski definition) is 1. The Morgan fingerprint density at radius 3 is 2.79 bits per heavy atom. The lowest BCUT2D eigenvalue weighted by Crippen LogP contribution is -2.36. The molecule has 29 heavy (non-hydrogen) atoms. The second kappa shape index (κ2) is 7.27. The van der Waals surface area contributed by atoms with E-state index in [2.05, 4.69) is 4.98 Å². The maximum absolute atomic E-state index is 12.4. The van der Waals surface area contributed by atoms with E-state index >= 15 is 0 Å². The van der Waals surface area contributed by atoms with Crippen molar-refractivity contribution in [3.63, 3.8) is 0 Å². The van der Waals surface area contributed by atoms with E-state index in [1.165, 1.54) is 0 Å². The van der Waals surface area contributed by atoms with Gasteiger partial charge in [-0.2, -0.15) is 0 Å². The van der Waals surface area contributed by atoms with E-state index in [4.69, 9.17) is 21.2 Å². The fourth-order valence-corrected chi connectivity index (χ4v) is 4.72. The molecule has 0 bridgehead atoms. The number of halogens is 1. The van der Waals surface area contributed by atoms with E-state index in [-0.39, 0.29) is 32.0 Å². The van der Waals surface area contributed by atoms with Crippen molar-refractivity contribution in [3.8, 4) is 0 Å². The number of benzene rings is 1. The van der Waals surface area contributed by atoms with E-state index in [0.29, 0.717) is 16.3 Å². The molecule has 2 aromatic rings. The first-order valence-electron chi connectivity index (χ1n) is 9.22. The van der Waals surface area contributed by atoms with Crippen LogP contribution in [0.15, 0.2) is 30.5 Å². The molecule has 1 aromatic carbocycles. The molecule has 1 N–H and O–H groups in total. The zero-order chi connectivity index (χ0) is 20.8. The van der Waals surface area contributed by atoms with E-state index in [1.54, 1.807) is 25.3 Å². The third kappa shape index (κ3) is 3.32. The predicted molar refractivity (Wildman–Crippen MR) is 102 cm³/mol. The van der Waals surface area contributed by atoms with Crippen LogP contribution in [0.5, 0.6) is 0 Å². The molecule has 0 saturated heterocycles. The van der Waals surface area contributed by atoms with Gasteiger partial charge < -0.3 is 14.7 Å². The van der Waals surface area contributed by atoms with Crippen molar-refractivity contribution in [2.75, 3.05) is 0 Å². The number of carboxylic acids is 1. The minimum Gasteiger partial charge on any atom is -0.481 e. The third-order valence-electron chi connectivity index (χ3n) is 5.85. The van der Waals surface area contributed by atoms with Gasteiger partial charge in [0.15, 0.2) is 0 Å². The van der Waals surface area contributed by atoms with Gasteiger partial charge in [0.2, 0.25) is 0 Å². The van der Waals surface area contributed by atoms with E-state index < -0.39 is 22.6 Å². The van der Waals surface area contributed by atoms with Gasteiger partial charge >= 0.3 is 5.97 Å². The Kier molecular flexibility index (Phi) is 4.92. The van der Waals surface area contributed by atoms with E-state index in [9.17, 15) is 20.0 Å². The van der Waals surface area contributed by atoms with Gasteiger partial charge in [0.05, 0.1) is 12.0 Å². The number of aliphatic carboxylic acids is 1.